The van der Waals surface area contributed by atoms with Gasteiger partial charge in [0.15, 0.2) is 0 Å². The van der Waals surface area contributed by atoms with Gasteiger partial charge < -0.3 is 9.47 Å². The van der Waals surface area contributed by atoms with Gasteiger partial charge >= 0.3 is 0 Å². The van der Waals surface area contributed by atoms with E-state index in [1.807, 2.05) is 6.92 Å². The molecule has 0 atom stereocenters. The summed E-state index contributed by atoms with van der Waals surface area (Å²) in [5.41, 5.74) is 4.80. The number of carbonyl (C=O) groups excluding carboxylic acids is 1. The van der Waals surface area contributed by atoms with E-state index in [9.17, 15) is 13.2 Å². The van der Waals surface area contributed by atoms with Crippen molar-refractivity contribution >= 4 is 39.4 Å². The van der Waals surface area contributed by atoms with Gasteiger partial charge in [-0.05, 0) is 61.9 Å². The highest BCUT2D eigenvalue weighted by atomic mass is 35.5. The molecule has 0 spiro atoms. The second-order valence-corrected chi connectivity index (χ2v) is 9.96. The standard InChI is InChI=1S/C25H26ClN3O5S/c1-17-5-10-22(11-6-17)35(31,32)29(23-14-20(26)8-7-18(23)2)16-25(30)28-27-15-19-13-21(33-3)9-12-24(19)34-4/h5-15H,16H2,1-4H3,(H,28,30)/b27-15-. The van der Waals surface area contributed by atoms with Crippen LogP contribution in [0, 0.1) is 13.8 Å². The summed E-state index contributed by atoms with van der Waals surface area (Å²) in [6.07, 6.45) is 1.39. The summed E-state index contributed by atoms with van der Waals surface area (Å²) >= 11 is 6.15. The molecular formula is C25H26ClN3O5S. The molecule has 0 heterocycles. The highest BCUT2D eigenvalue weighted by Gasteiger charge is 2.28. The number of benzene rings is 3. The predicted octanol–water partition coefficient (Wildman–Crippen LogP) is 4.32. The Morgan fingerprint density at radius 2 is 1.74 bits per heavy atom. The Balaban J connectivity index is 1.89. The van der Waals surface area contributed by atoms with Crippen molar-refractivity contribution in [2.75, 3.05) is 25.1 Å². The van der Waals surface area contributed by atoms with Crippen LogP contribution in [0.4, 0.5) is 5.69 Å². The number of carbonyl (C=O) groups is 1. The minimum Gasteiger partial charge on any atom is -0.497 e. The molecular weight excluding hydrogens is 490 g/mol. The molecule has 0 aliphatic heterocycles. The summed E-state index contributed by atoms with van der Waals surface area (Å²) < 4.78 is 38.6. The van der Waals surface area contributed by atoms with Crippen molar-refractivity contribution in [2.45, 2.75) is 18.7 Å². The van der Waals surface area contributed by atoms with Gasteiger partial charge in [-0.1, -0.05) is 35.4 Å². The van der Waals surface area contributed by atoms with E-state index >= 15 is 0 Å². The third-order valence-electron chi connectivity index (χ3n) is 5.17. The molecule has 8 nitrogen and oxygen atoms in total. The molecule has 0 fully saturated rings. The number of nitrogens with zero attached hydrogens (tertiary/aromatic N) is 2. The Morgan fingerprint density at radius 3 is 2.40 bits per heavy atom. The van der Waals surface area contributed by atoms with Crippen LogP contribution >= 0.6 is 11.6 Å². The second-order valence-electron chi connectivity index (χ2n) is 7.66. The number of hydrogen-bond donors (Lipinski definition) is 1. The Kier molecular flexibility index (Phi) is 8.37. The highest BCUT2D eigenvalue weighted by molar-refractivity contribution is 7.92. The minimum absolute atomic E-state index is 0.0555. The van der Waals surface area contributed by atoms with Crippen molar-refractivity contribution in [1.82, 2.24) is 5.43 Å². The maximum atomic E-state index is 13.5. The maximum Gasteiger partial charge on any atom is 0.264 e. The van der Waals surface area contributed by atoms with E-state index in [2.05, 4.69) is 10.5 Å². The molecule has 3 aromatic rings. The van der Waals surface area contributed by atoms with Gasteiger partial charge in [0.05, 0.1) is 31.0 Å². The second kappa shape index (κ2) is 11.2. The monoisotopic (exact) mass is 515 g/mol. The lowest BCUT2D eigenvalue weighted by atomic mass is 10.2. The van der Waals surface area contributed by atoms with Crippen LogP contribution in [-0.2, 0) is 14.8 Å². The molecule has 1 amide bonds. The van der Waals surface area contributed by atoms with Crippen LogP contribution in [-0.4, -0.2) is 41.3 Å². The van der Waals surface area contributed by atoms with Gasteiger partial charge in [-0.2, -0.15) is 5.10 Å². The van der Waals surface area contributed by atoms with E-state index in [1.165, 1.54) is 38.6 Å². The highest BCUT2D eigenvalue weighted by Crippen LogP contribution is 2.29. The molecule has 0 saturated heterocycles. The lowest BCUT2D eigenvalue weighted by Crippen LogP contribution is -2.40. The summed E-state index contributed by atoms with van der Waals surface area (Å²) in [7, 11) is -1.03. The zero-order valence-electron chi connectivity index (χ0n) is 19.8. The lowest BCUT2D eigenvalue weighted by Gasteiger charge is -2.25. The van der Waals surface area contributed by atoms with Crippen molar-refractivity contribution in [3.8, 4) is 11.5 Å². The number of hydrazone groups is 1. The summed E-state index contributed by atoms with van der Waals surface area (Å²) in [6.45, 7) is 3.09. The predicted molar refractivity (Wildman–Crippen MR) is 137 cm³/mol. The number of aryl methyl sites for hydroxylation is 2. The fraction of sp³-hybridized carbons (Fsp3) is 0.200. The normalized spacial score (nSPS) is 11.3. The number of sulfonamides is 1. The van der Waals surface area contributed by atoms with E-state index in [1.54, 1.807) is 49.4 Å². The Labute approximate surface area is 210 Å². The van der Waals surface area contributed by atoms with E-state index in [0.29, 0.717) is 33.3 Å². The van der Waals surface area contributed by atoms with Crippen molar-refractivity contribution < 1.29 is 22.7 Å². The number of amides is 1. The third kappa shape index (κ3) is 6.32. The SMILES string of the molecule is COc1ccc(OC)c(/C=N\NC(=O)CN(c2cc(Cl)ccc2C)S(=O)(=O)c2ccc(C)cc2)c1. The zero-order valence-corrected chi connectivity index (χ0v) is 21.4. The maximum absolute atomic E-state index is 13.5. The summed E-state index contributed by atoms with van der Waals surface area (Å²) in [4.78, 5) is 12.9. The molecule has 0 aliphatic rings. The van der Waals surface area contributed by atoms with Crippen LogP contribution in [0.25, 0.3) is 0 Å². The molecule has 0 radical (unpaired) electrons. The van der Waals surface area contributed by atoms with Crippen molar-refractivity contribution in [1.29, 1.82) is 0 Å². The molecule has 1 N–H and O–H groups in total. The minimum atomic E-state index is -4.08. The zero-order chi connectivity index (χ0) is 25.6. The number of anilines is 1. The van der Waals surface area contributed by atoms with Gasteiger partial charge in [-0.25, -0.2) is 13.8 Å². The third-order valence-corrected chi connectivity index (χ3v) is 7.17. The number of halogens is 1. The van der Waals surface area contributed by atoms with Crippen molar-refractivity contribution in [3.63, 3.8) is 0 Å². The summed E-state index contributed by atoms with van der Waals surface area (Å²) in [6, 6.07) is 16.4. The molecule has 3 aromatic carbocycles. The van der Waals surface area contributed by atoms with Crippen LogP contribution in [0.2, 0.25) is 5.02 Å². The number of methoxy groups -OCH3 is 2. The van der Waals surface area contributed by atoms with E-state index in [0.717, 1.165) is 9.87 Å². The fourth-order valence-electron chi connectivity index (χ4n) is 3.27. The number of nitrogens with one attached hydrogen (secondary N) is 1. The Bertz CT molecular complexity index is 1340. The van der Waals surface area contributed by atoms with Crippen molar-refractivity contribution in [2.24, 2.45) is 5.10 Å². The number of hydrogen-bond acceptors (Lipinski definition) is 6. The fourth-order valence-corrected chi connectivity index (χ4v) is 4.91. The Hall–Kier alpha value is -3.56. The molecule has 0 aliphatic carbocycles. The van der Waals surface area contributed by atoms with E-state index in [4.69, 9.17) is 21.1 Å². The van der Waals surface area contributed by atoms with Gasteiger partial charge in [-0.3, -0.25) is 9.10 Å². The van der Waals surface area contributed by atoms with Crippen LogP contribution in [0.15, 0.2) is 70.7 Å². The van der Waals surface area contributed by atoms with Crippen LogP contribution in [0.3, 0.4) is 0 Å². The van der Waals surface area contributed by atoms with Gasteiger partial charge in [0.25, 0.3) is 15.9 Å². The summed E-state index contributed by atoms with van der Waals surface area (Å²) in [5.74, 6) is 0.477. The molecule has 0 saturated carbocycles. The summed E-state index contributed by atoms with van der Waals surface area (Å²) in [5, 5.41) is 4.32. The van der Waals surface area contributed by atoms with Gasteiger partial charge in [0.1, 0.15) is 18.0 Å². The first-order chi connectivity index (χ1) is 16.6. The topological polar surface area (TPSA) is 97.3 Å². The van der Waals surface area contributed by atoms with Crippen LogP contribution < -0.4 is 19.2 Å². The molecule has 0 aromatic heterocycles. The molecule has 3 rings (SSSR count). The number of rotatable bonds is 9. The quantitative estimate of drug-likeness (QED) is 0.338. The first-order valence-electron chi connectivity index (χ1n) is 10.5. The molecule has 184 valence electrons. The lowest BCUT2D eigenvalue weighted by molar-refractivity contribution is -0.119. The molecule has 0 unspecified atom stereocenters. The Morgan fingerprint density at radius 1 is 1.03 bits per heavy atom. The molecule has 0 bridgehead atoms. The first-order valence-corrected chi connectivity index (χ1v) is 12.4. The first kappa shape index (κ1) is 26.1. The largest absolute Gasteiger partial charge is 0.497 e. The van der Waals surface area contributed by atoms with Crippen LogP contribution in [0.5, 0.6) is 11.5 Å². The van der Waals surface area contributed by atoms with Gasteiger partial charge in [0.2, 0.25) is 0 Å². The van der Waals surface area contributed by atoms with Crippen molar-refractivity contribution in [3.05, 3.63) is 82.4 Å². The molecule has 10 heteroatoms. The van der Waals surface area contributed by atoms with E-state index < -0.39 is 22.5 Å². The molecule has 35 heavy (non-hydrogen) atoms. The van der Waals surface area contributed by atoms with Crippen LogP contribution in [0.1, 0.15) is 16.7 Å². The van der Waals surface area contributed by atoms with E-state index in [-0.39, 0.29) is 4.90 Å². The van der Waals surface area contributed by atoms with Gasteiger partial charge in [-0.15, -0.1) is 0 Å². The average molecular weight is 516 g/mol. The average Bonchev–Trinajstić information content (AvgIpc) is 2.84. The van der Waals surface area contributed by atoms with Gasteiger partial charge in [0, 0.05) is 10.6 Å². The smallest absolute Gasteiger partial charge is 0.264 e. The number of ether oxygens (including phenoxy) is 2.